The van der Waals surface area contributed by atoms with E-state index in [4.69, 9.17) is 9.47 Å². The molecule has 2 aromatic rings. The Labute approximate surface area is 162 Å². The van der Waals surface area contributed by atoms with Crippen molar-refractivity contribution in [2.75, 3.05) is 18.7 Å². The van der Waals surface area contributed by atoms with Gasteiger partial charge < -0.3 is 19.7 Å². The van der Waals surface area contributed by atoms with Gasteiger partial charge in [0.25, 0.3) is 5.91 Å². The maximum absolute atomic E-state index is 12.7. The molecule has 2 fully saturated rings. The summed E-state index contributed by atoms with van der Waals surface area (Å²) in [5.74, 6) is 1.69. The van der Waals surface area contributed by atoms with Crippen molar-refractivity contribution in [2.45, 2.75) is 38.3 Å². The Morgan fingerprint density at radius 1 is 1.21 bits per heavy atom. The van der Waals surface area contributed by atoms with Crippen LogP contribution in [0.25, 0.3) is 0 Å². The molecule has 8 heteroatoms. The molecule has 1 aliphatic carbocycles. The van der Waals surface area contributed by atoms with Crippen LogP contribution in [0.4, 0.5) is 5.69 Å². The highest BCUT2D eigenvalue weighted by molar-refractivity contribution is 6.04. The third-order valence-corrected chi connectivity index (χ3v) is 5.79. The van der Waals surface area contributed by atoms with Crippen LogP contribution in [0.5, 0.6) is 11.5 Å². The second-order valence-corrected chi connectivity index (χ2v) is 7.68. The lowest BCUT2D eigenvalue weighted by atomic mass is 9.90. The van der Waals surface area contributed by atoms with Gasteiger partial charge in [0.2, 0.25) is 12.7 Å². The third kappa shape index (κ3) is 3.19. The molecular weight excluding hydrogens is 360 g/mol. The standard InChI is InChI=1S/C20H22N4O4/c25-19(24-9-13-2-1-3-16(24)6-13)11-23-10-15(8-21-23)22-20(26)14-4-5-17-18(7-14)28-12-27-17/h4-5,7-8,10,13,16H,1-3,6,9,11-12H2,(H,22,26)/t13-,16+/m1/s1. The Kier molecular flexibility index (Phi) is 4.18. The first-order valence-electron chi connectivity index (χ1n) is 9.68. The van der Waals surface area contributed by atoms with E-state index in [9.17, 15) is 9.59 Å². The Morgan fingerprint density at radius 2 is 2.11 bits per heavy atom. The summed E-state index contributed by atoms with van der Waals surface area (Å²) in [6, 6.07) is 5.44. The lowest BCUT2D eigenvalue weighted by Gasteiger charge is -2.24. The van der Waals surface area contributed by atoms with Gasteiger partial charge in [-0.15, -0.1) is 0 Å². The number of likely N-dealkylation sites (tertiary alicyclic amines) is 1. The maximum atomic E-state index is 12.7. The average molecular weight is 382 g/mol. The van der Waals surface area contributed by atoms with Gasteiger partial charge in [-0.3, -0.25) is 14.3 Å². The molecule has 8 nitrogen and oxygen atoms in total. The van der Waals surface area contributed by atoms with E-state index in [0.29, 0.717) is 34.7 Å². The number of rotatable bonds is 4. The van der Waals surface area contributed by atoms with Crippen LogP contribution in [0.3, 0.4) is 0 Å². The molecule has 3 heterocycles. The molecule has 146 valence electrons. The average Bonchev–Trinajstić information content (AvgIpc) is 3.40. The van der Waals surface area contributed by atoms with Crippen LogP contribution in [-0.2, 0) is 11.3 Å². The summed E-state index contributed by atoms with van der Waals surface area (Å²) in [7, 11) is 0. The second-order valence-electron chi connectivity index (χ2n) is 7.68. The van der Waals surface area contributed by atoms with E-state index in [1.165, 1.54) is 12.8 Å². The van der Waals surface area contributed by atoms with Gasteiger partial charge in [0.15, 0.2) is 11.5 Å². The van der Waals surface area contributed by atoms with Crippen LogP contribution < -0.4 is 14.8 Å². The Balaban J connectivity index is 1.21. The minimum atomic E-state index is -0.266. The quantitative estimate of drug-likeness (QED) is 0.877. The van der Waals surface area contributed by atoms with E-state index >= 15 is 0 Å². The number of carbonyl (C=O) groups is 2. The van der Waals surface area contributed by atoms with E-state index in [1.807, 2.05) is 4.90 Å². The van der Waals surface area contributed by atoms with Crippen molar-refractivity contribution in [1.82, 2.24) is 14.7 Å². The van der Waals surface area contributed by atoms with Crippen molar-refractivity contribution in [1.29, 1.82) is 0 Å². The van der Waals surface area contributed by atoms with E-state index in [0.717, 1.165) is 19.4 Å². The number of nitrogens with zero attached hydrogens (tertiary/aromatic N) is 3. The van der Waals surface area contributed by atoms with Gasteiger partial charge in [-0.05, 0) is 43.4 Å². The molecule has 1 aromatic carbocycles. The number of hydrogen-bond acceptors (Lipinski definition) is 5. The number of aromatic nitrogens is 2. The molecule has 2 bridgehead atoms. The monoisotopic (exact) mass is 382 g/mol. The predicted octanol–water partition coefficient (Wildman–Crippen LogP) is 2.27. The van der Waals surface area contributed by atoms with Gasteiger partial charge in [-0.2, -0.15) is 5.10 Å². The zero-order valence-electron chi connectivity index (χ0n) is 15.5. The molecular formula is C20H22N4O4. The number of anilines is 1. The van der Waals surface area contributed by atoms with Crippen LogP contribution >= 0.6 is 0 Å². The fourth-order valence-corrected chi connectivity index (χ4v) is 4.43. The first-order valence-corrected chi connectivity index (χ1v) is 9.68. The van der Waals surface area contributed by atoms with Crippen molar-refractivity contribution in [3.05, 3.63) is 36.2 Å². The van der Waals surface area contributed by atoms with Gasteiger partial charge in [-0.25, -0.2) is 0 Å². The first kappa shape index (κ1) is 17.1. The highest BCUT2D eigenvalue weighted by Gasteiger charge is 2.37. The summed E-state index contributed by atoms with van der Waals surface area (Å²) in [4.78, 5) is 27.1. The molecule has 5 rings (SSSR count). The van der Waals surface area contributed by atoms with Crippen molar-refractivity contribution >= 4 is 17.5 Å². The largest absolute Gasteiger partial charge is 0.454 e. The molecule has 1 N–H and O–H groups in total. The minimum absolute atomic E-state index is 0.103. The van der Waals surface area contributed by atoms with Crippen molar-refractivity contribution in [2.24, 2.45) is 5.92 Å². The minimum Gasteiger partial charge on any atom is -0.454 e. The first-order chi connectivity index (χ1) is 13.7. The highest BCUT2D eigenvalue weighted by atomic mass is 16.7. The van der Waals surface area contributed by atoms with Crippen LogP contribution in [0, 0.1) is 5.92 Å². The third-order valence-electron chi connectivity index (χ3n) is 5.79. The zero-order valence-corrected chi connectivity index (χ0v) is 15.5. The van der Waals surface area contributed by atoms with Crippen molar-refractivity contribution in [3.63, 3.8) is 0 Å². The van der Waals surface area contributed by atoms with Gasteiger partial charge in [-0.1, -0.05) is 6.42 Å². The fraction of sp³-hybridized carbons (Fsp3) is 0.450. The predicted molar refractivity (Wildman–Crippen MR) is 100 cm³/mol. The molecule has 3 aliphatic rings. The summed E-state index contributed by atoms with van der Waals surface area (Å²) in [6.07, 6.45) is 7.94. The lowest BCUT2D eigenvalue weighted by molar-refractivity contribution is -0.132. The smallest absolute Gasteiger partial charge is 0.255 e. The van der Waals surface area contributed by atoms with Crippen LogP contribution in [-0.4, -0.2) is 45.9 Å². The summed E-state index contributed by atoms with van der Waals surface area (Å²) >= 11 is 0. The molecule has 1 saturated heterocycles. The van der Waals surface area contributed by atoms with E-state index in [2.05, 4.69) is 10.4 Å². The number of nitrogens with one attached hydrogen (secondary N) is 1. The molecule has 0 spiro atoms. The van der Waals surface area contributed by atoms with Gasteiger partial charge >= 0.3 is 0 Å². The van der Waals surface area contributed by atoms with E-state index < -0.39 is 0 Å². The number of fused-ring (bicyclic) bond motifs is 3. The van der Waals surface area contributed by atoms with Crippen LogP contribution in [0.1, 0.15) is 36.0 Å². The van der Waals surface area contributed by atoms with E-state index in [1.54, 1.807) is 35.3 Å². The summed E-state index contributed by atoms with van der Waals surface area (Å²) < 4.78 is 12.1. The number of amides is 2. The molecule has 2 aliphatic heterocycles. The number of carbonyl (C=O) groups excluding carboxylic acids is 2. The Bertz CT molecular complexity index is 925. The SMILES string of the molecule is O=C(Nc1cnn(CC(=O)N2C[C@@H]3CCC[C@H]2C3)c1)c1ccc2c(c1)OCO2. The number of ether oxygens (including phenoxy) is 2. The lowest BCUT2D eigenvalue weighted by Crippen LogP contribution is -2.37. The molecule has 2 atom stereocenters. The second kappa shape index (κ2) is 6.85. The van der Waals surface area contributed by atoms with Crippen molar-refractivity contribution in [3.8, 4) is 11.5 Å². The molecule has 0 radical (unpaired) electrons. The van der Waals surface area contributed by atoms with Gasteiger partial charge in [0, 0.05) is 24.3 Å². The molecule has 0 unspecified atom stereocenters. The van der Waals surface area contributed by atoms with Gasteiger partial charge in [0.1, 0.15) is 6.54 Å². The molecule has 28 heavy (non-hydrogen) atoms. The maximum Gasteiger partial charge on any atom is 0.255 e. The van der Waals surface area contributed by atoms with Crippen LogP contribution in [0.2, 0.25) is 0 Å². The molecule has 2 amide bonds. The van der Waals surface area contributed by atoms with Crippen molar-refractivity contribution < 1.29 is 19.1 Å². The number of hydrogen-bond donors (Lipinski definition) is 1. The molecule has 1 aromatic heterocycles. The summed E-state index contributed by atoms with van der Waals surface area (Å²) in [5.41, 5.74) is 1.02. The van der Waals surface area contributed by atoms with Crippen LogP contribution in [0.15, 0.2) is 30.6 Å². The Hall–Kier alpha value is -3.03. The highest BCUT2D eigenvalue weighted by Crippen LogP contribution is 2.35. The summed E-state index contributed by atoms with van der Waals surface area (Å²) in [5, 5.41) is 7.03. The van der Waals surface area contributed by atoms with E-state index in [-0.39, 0.29) is 25.2 Å². The van der Waals surface area contributed by atoms with Gasteiger partial charge in [0.05, 0.1) is 11.9 Å². The molecule has 1 saturated carbocycles. The fourth-order valence-electron chi connectivity index (χ4n) is 4.43. The zero-order chi connectivity index (χ0) is 19.1. The number of benzene rings is 1. The topological polar surface area (TPSA) is 85.7 Å². The Morgan fingerprint density at radius 3 is 3.00 bits per heavy atom. The summed E-state index contributed by atoms with van der Waals surface area (Å²) in [6.45, 7) is 1.24. The normalized spacial score (nSPS) is 22.4.